The number of nitrogens with zero attached hydrogens (tertiary/aromatic N) is 1. The summed E-state index contributed by atoms with van der Waals surface area (Å²) < 4.78 is 0. The molecule has 0 saturated heterocycles. The summed E-state index contributed by atoms with van der Waals surface area (Å²) in [5.41, 5.74) is 17.2. The third kappa shape index (κ3) is 5.87. The molecular weight excluding hydrogens is 675 g/mol. The molecule has 0 amide bonds. The van der Waals surface area contributed by atoms with E-state index in [4.69, 9.17) is 0 Å². The van der Waals surface area contributed by atoms with Crippen LogP contribution in [0, 0.1) is 0 Å². The first-order chi connectivity index (χ1) is 27.8. The molecule has 8 aromatic carbocycles. The molecule has 0 heterocycles. The number of hydrogen-bond donors (Lipinski definition) is 0. The van der Waals surface area contributed by atoms with Gasteiger partial charge in [0.1, 0.15) is 0 Å². The van der Waals surface area contributed by atoms with Gasteiger partial charge in [0.25, 0.3) is 0 Å². The Morgan fingerprint density at radius 2 is 0.821 bits per heavy atom. The summed E-state index contributed by atoms with van der Waals surface area (Å²) in [6.07, 6.45) is 6.62. The van der Waals surface area contributed by atoms with Crippen LogP contribution in [0.5, 0.6) is 0 Å². The molecule has 0 bridgehead atoms. The predicted molar refractivity (Wildman–Crippen MR) is 235 cm³/mol. The fourth-order valence-electron chi connectivity index (χ4n) is 9.74. The quantitative estimate of drug-likeness (QED) is 0.151. The first-order valence-electron chi connectivity index (χ1n) is 20.3. The second kappa shape index (κ2) is 14.7. The maximum Gasteiger partial charge on any atom is 0.0714 e. The van der Waals surface area contributed by atoms with Gasteiger partial charge in [-0.3, -0.25) is 0 Å². The smallest absolute Gasteiger partial charge is 0.0714 e. The van der Waals surface area contributed by atoms with Crippen LogP contribution in [0.2, 0.25) is 0 Å². The molecule has 8 aromatic rings. The first-order valence-corrected chi connectivity index (χ1v) is 20.3. The first kappa shape index (κ1) is 34.1. The zero-order valence-electron chi connectivity index (χ0n) is 31.7. The molecule has 0 radical (unpaired) electrons. The van der Waals surface area contributed by atoms with Gasteiger partial charge in [-0.15, -0.1) is 0 Å². The van der Waals surface area contributed by atoms with E-state index in [9.17, 15) is 0 Å². The topological polar surface area (TPSA) is 3.24 Å². The van der Waals surface area contributed by atoms with Crippen molar-refractivity contribution in [2.75, 3.05) is 4.90 Å². The van der Waals surface area contributed by atoms with Crippen molar-refractivity contribution in [1.82, 2.24) is 0 Å². The van der Waals surface area contributed by atoms with Crippen LogP contribution in [0.4, 0.5) is 17.1 Å². The minimum absolute atomic E-state index is 0.466. The molecule has 2 aliphatic rings. The van der Waals surface area contributed by atoms with E-state index in [0.717, 1.165) is 11.4 Å². The van der Waals surface area contributed by atoms with Crippen molar-refractivity contribution in [1.29, 1.82) is 0 Å². The van der Waals surface area contributed by atoms with Crippen molar-refractivity contribution in [3.63, 3.8) is 0 Å². The van der Waals surface area contributed by atoms with Crippen LogP contribution in [0.25, 0.3) is 33.4 Å². The molecule has 10 rings (SSSR count). The fourth-order valence-corrected chi connectivity index (χ4v) is 9.74. The van der Waals surface area contributed by atoms with Gasteiger partial charge in [-0.25, -0.2) is 0 Å². The monoisotopic (exact) mass is 719 g/mol. The number of benzene rings is 8. The van der Waals surface area contributed by atoms with Crippen LogP contribution in [-0.4, -0.2) is 0 Å². The maximum atomic E-state index is 2.48. The van der Waals surface area contributed by atoms with Crippen molar-refractivity contribution < 1.29 is 0 Å². The lowest BCUT2D eigenvalue weighted by atomic mass is 9.67. The summed E-state index contributed by atoms with van der Waals surface area (Å²) in [7, 11) is 0. The number of rotatable bonds is 8. The Morgan fingerprint density at radius 3 is 1.43 bits per heavy atom. The van der Waals surface area contributed by atoms with E-state index in [2.05, 4.69) is 211 Å². The molecule has 1 heteroatoms. The van der Waals surface area contributed by atoms with Gasteiger partial charge in [0.05, 0.1) is 5.41 Å². The molecule has 1 saturated carbocycles. The average Bonchev–Trinajstić information content (AvgIpc) is 3.58. The van der Waals surface area contributed by atoms with Crippen LogP contribution >= 0.6 is 0 Å². The molecule has 0 aromatic heterocycles. The van der Waals surface area contributed by atoms with Crippen molar-refractivity contribution in [2.24, 2.45) is 0 Å². The molecule has 1 fully saturated rings. The van der Waals surface area contributed by atoms with E-state index < -0.39 is 5.41 Å². The lowest BCUT2D eigenvalue weighted by Gasteiger charge is -2.35. The molecule has 0 N–H and O–H groups in total. The van der Waals surface area contributed by atoms with Gasteiger partial charge in [0, 0.05) is 17.1 Å². The summed E-state index contributed by atoms with van der Waals surface area (Å²) in [5.74, 6) is 0.658. The van der Waals surface area contributed by atoms with Gasteiger partial charge >= 0.3 is 0 Å². The second-order valence-electron chi connectivity index (χ2n) is 15.5. The highest BCUT2D eigenvalue weighted by Crippen LogP contribution is 2.57. The third-order valence-corrected chi connectivity index (χ3v) is 12.4. The highest BCUT2D eigenvalue weighted by Gasteiger charge is 2.46. The van der Waals surface area contributed by atoms with E-state index in [1.165, 1.54) is 99.0 Å². The molecule has 56 heavy (non-hydrogen) atoms. The highest BCUT2D eigenvalue weighted by molar-refractivity contribution is 5.90. The van der Waals surface area contributed by atoms with Crippen LogP contribution in [-0.2, 0) is 5.41 Å². The fraction of sp³-hybridized carbons (Fsp3) is 0.127. The summed E-state index contributed by atoms with van der Waals surface area (Å²) in [6.45, 7) is 0. The third-order valence-electron chi connectivity index (χ3n) is 12.4. The summed E-state index contributed by atoms with van der Waals surface area (Å²) in [5, 5.41) is 0. The lowest BCUT2D eigenvalue weighted by molar-refractivity contribution is 0.443. The van der Waals surface area contributed by atoms with Gasteiger partial charge in [-0.1, -0.05) is 189 Å². The standard InChI is InChI=1S/C55H45N/c1-5-17-40(18-6-1)41-29-33-46(34-30-41)56(47-35-31-43(32-36-47)50-26-14-13-25-49(50)42-19-7-2-8-20-42)48-37-38-52-51-27-15-16-28-53(51)55(54(52)39-48,44-21-9-3-10-22-44)45-23-11-4-12-24-45/h2-4,7-16,19-40H,1,5-6,17-18H2. The highest BCUT2D eigenvalue weighted by atomic mass is 15.1. The normalized spacial score (nSPS) is 14.5. The Bertz CT molecular complexity index is 2540. The number of fused-ring (bicyclic) bond motifs is 3. The second-order valence-corrected chi connectivity index (χ2v) is 15.5. The Morgan fingerprint density at radius 1 is 0.357 bits per heavy atom. The molecular formula is C55H45N. The minimum Gasteiger partial charge on any atom is -0.310 e. The number of anilines is 3. The van der Waals surface area contributed by atoms with Crippen molar-refractivity contribution in [3.8, 4) is 33.4 Å². The van der Waals surface area contributed by atoms with E-state index >= 15 is 0 Å². The average molecular weight is 720 g/mol. The van der Waals surface area contributed by atoms with E-state index in [1.54, 1.807) is 0 Å². The van der Waals surface area contributed by atoms with Gasteiger partial charge in [0.15, 0.2) is 0 Å². The van der Waals surface area contributed by atoms with Gasteiger partial charge in [-0.2, -0.15) is 0 Å². The SMILES string of the molecule is c1ccc(-c2ccccc2-c2ccc(N(c3ccc(C4CCCCC4)cc3)c3ccc4c(c3)C(c3ccccc3)(c3ccccc3)c3ccccc3-4)cc2)cc1. The van der Waals surface area contributed by atoms with Gasteiger partial charge in [-0.05, 0) is 116 Å². The minimum atomic E-state index is -0.466. The van der Waals surface area contributed by atoms with Crippen molar-refractivity contribution in [3.05, 3.63) is 234 Å². The Hall–Kier alpha value is -6.44. The Balaban J connectivity index is 1.14. The van der Waals surface area contributed by atoms with Crippen LogP contribution in [0.1, 0.15) is 65.8 Å². The molecule has 1 nitrogen and oxygen atoms in total. The zero-order valence-corrected chi connectivity index (χ0v) is 31.7. The molecule has 0 atom stereocenters. The van der Waals surface area contributed by atoms with Crippen molar-refractivity contribution >= 4 is 17.1 Å². The Kier molecular flexibility index (Phi) is 8.92. The predicted octanol–water partition coefficient (Wildman–Crippen LogP) is 14.9. The van der Waals surface area contributed by atoms with Crippen LogP contribution in [0.15, 0.2) is 206 Å². The van der Waals surface area contributed by atoms with Gasteiger partial charge < -0.3 is 4.90 Å². The zero-order chi connectivity index (χ0) is 37.3. The molecule has 0 spiro atoms. The van der Waals surface area contributed by atoms with Gasteiger partial charge in [0.2, 0.25) is 0 Å². The summed E-state index contributed by atoms with van der Waals surface area (Å²) in [4.78, 5) is 2.46. The maximum absolute atomic E-state index is 2.48. The Labute approximate surface area is 331 Å². The summed E-state index contributed by atoms with van der Waals surface area (Å²) in [6, 6.07) is 76.5. The molecule has 270 valence electrons. The van der Waals surface area contributed by atoms with E-state index in [1.807, 2.05) is 0 Å². The van der Waals surface area contributed by atoms with Crippen molar-refractivity contribution in [2.45, 2.75) is 43.4 Å². The molecule has 0 unspecified atom stereocenters. The van der Waals surface area contributed by atoms with Crippen LogP contribution in [0.3, 0.4) is 0 Å². The lowest BCUT2D eigenvalue weighted by Crippen LogP contribution is -2.28. The molecule has 2 aliphatic carbocycles. The van der Waals surface area contributed by atoms with E-state index in [-0.39, 0.29) is 0 Å². The summed E-state index contributed by atoms with van der Waals surface area (Å²) >= 11 is 0. The molecule has 0 aliphatic heterocycles. The van der Waals surface area contributed by atoms with Crippen LogP contribution < -0.4 is 4.90 Å². The largest absolute Gasteiger partial charge is 0.310 e. The van der Waals surface area contributed by atoms with E-state index in [0.29, 0.717) is 5.92 Å². The number of hydrogen-bond acceptors (Lipinski definition) is 1.